The first-order valence-corrected chi connectivity index (χ1v) is 7.43. The van der Waals surface area contributed by atoms with Crippen LogP contribution in [0.25, 0.3) is 0 Å². The minimum Gasteiger partial charge on any atom is -0.326 e. The summed E-state index contributed by atoms with van der Waals surface area (Å²) in [7, 11) is 0. The molecule has 2 aromatic rings. The van der Waals surface area contributed by atoms with Crippen molar-refractivity contribution in [2.75, 3.05) is 10.6 Å². The van der Waals surface area contributed by atoms with Crippen LogP contribution in [-0.4, -0.2) is 16.7 Å². The maximum absolute atomic E-state index is 12.3. The topological polar surface area (TPSA) is 101 Å². The van der Waals surface area contributed by atoms with E-state index in [-0.39, 0.29) is 22.3 Å². The quantitative estimate of drug-likeness (QED) is 0.633. The highest BCUT2D eigenvalue weighted by Crippen LogP contribution is 2.27. The van der Waals surface area contributed by atoms with Crippen LogP contribution in [0.1, 0.15) is 23.7 Å². The molecule has 2 aromatic carbocycles. The van der Waals surface area contributed by atoms with Gasteiger partial charge in [-0.15, -0.1) is 0 Å². The van der Waals surface area contributed by atoms with E-state index in [1.54, 1.807) is 25.1 Å². The second kappa shape index (κ2) is 7.56. The number of halogens is 1. The third kappa shape index (κ3) is 4.30. The molecule has 0 unspecified atom stereocenters. The largest absolute Gasteiger partial charge is 0.326 e. The van der Waals surface area contributed by atoms with Crippen LogP contribution in [0, 0.1) is 10.1 Å². The van der Waals surface area contributed by atoms with Crippen molar-refractivity contribution >= 4 is 40.5 Å². The Bertz CT molecular complexity index is 808. The van der Waals surface area contributed by atoms with Crippen LogP contribution < -0.4 is 10.6 Å². The zero-order valence-electron chi connectivity index (χ0n) is 12.7. The maximum Gasteiger partial charge on any atom is 0.271 e. The number of carbonyl (C=O) groups is 2. The lowest BCUT2D eigenvalue weighted by molar-refractivity contribution is -0.384. The van der Waals surface area contributed by atoms with Gasteiger partial charge in [0.1, 0.15) is 0 Å². The van der Waals surface area contributed by atoms with E-state index < -0.39 is 10.8 Å². The maximum atomic E-state index is 12.3. The molecular formula is C16H14ClN3O4. The first kappa shape index (κ1) is 17.4. The summed E-state index contributed by atoms with van der Waals surface area (Å²) in [6.07, 6.45) is 0.328. The molecule has 0 heterocycles. The van der Waals surface area contributed by atoms with E-state index in [2.05, 4.69) is 10.6 Å². The highest BCUT2D eigenvalue weighted by molar-refractivity contribution is 6.34. The molecule has 2 amide bonds. The highest BCUT2D eigenvalue weighted by Gasteiger charge is 2.13. The SMILES string of the molecule is CCC(=O)Nc1cccc(C(=O)Nc2ccc([N+](=O)[O-])cc2Cl)c1. The van der Waals surface area contributed by atoms with E-state index in [1.165, 1.54) is 18.2 Å². The second-order valence-electron chi connectivity index (χ2n) is 4.86. The number of benzene rings is 2. The molecule has 0 saturated carbocycles. The normalized spacial score (nSPS) is 10.1. The molecule has 0 aromatic heterocycles. The number of hydrogen-bond donors (Lipinski definition) is 2. The predicted molar refractivity (Wildman–Crippen MR) is 91.4 cm³/mol. The molecule has 2 N–H and O–H groups in total. The van der Waals surface area contributed by atoms with Gasteiger partial charge >= 0.3 is 0 Å². The van der Waals surface area contributed by atoms with Gasteiger partial charge in [-0.3, -0.25) is 19.7 Å². The van der Waals surface area contributed by atoms with Crippen LogP contribution in [0.4, 0.5) is 17.1 Å². The van der Waals surface area contributed by atoms with Gasteiger partial charge in [-0.2, -0.15) is 0 Å². The number of rotatable bonds is 5. The number of nitrogens with zero attached hydrogens (tertiary/aromatic N) is 1. The van der Waals surface area contributed by atoms with Gasteiger partial charge in [-0.1, -0.05) is 24.6 Å². The number of anilines is 2. The molecule has 0 atom stereocenters. The molecule has 0 radical (unpaired) electrons. The van der Waals surface area contributed by atoms with Gasteiger partial charge in [-0.25, -0.2) is 0 Å². The van der Waals surface area contributed by atoms with Gasteiger partial charge in [0.05, 0.1) is 15.6 Å². The Hall–Kier alpha value is -2.93. The standard InChI is InChI=1S/C16H14ClN3O4/c1-2-15(21)18-11-5-3-4-10(8-11)16(22)19-14-7-6-12(20(23)24)9-13(14)17/h3-9H,2H2,1H3,(H,18,21)(H,19,22). The van der Waals surface area contributed by atoms with Crippen molar-refractivity contribution in [2.24, 2.45) is 0 Å². The molecule has 0 bridgehead atoms. The van der Waals surface area contributed by atoms with Gasteiger partial charge in [0.2, 0.25) is 5.91 Å². The summed E-state index contributed by atoms with van der Waals surface area (Å²) in [5, 5.41) is 16.0. The van der Waals surface area contributed by atoms with Crippen molar-refractivity contribution in [1.29, 1.82) is 0 Å². The Morgan fingerprint density at radius 3 is 2.54 bits per heavy atom. The van der Waals surface area contributed by atoms with Gasteiger partial charge in [0.25, 0.3) is 11.6 Å². The molecule has 124 valence electrons. The second-order valence-corrected chi connectivity index (χ2v) is 5.27. The molecule has 0 aliphatic heterocycles. The summed E-state index contributed by atoms with van der Waals surface area (Å²) >= 11 is 5.95. The fourth-order valence-electron chi connectivity index (χ4n) is 1.90. The third-order valence-corrected chi connectivity index (χ3v) is 3.45. The number of nitro groups is 1. The van der Waals surface area contributed by atoms with Crippen molar-refractivity contribution < 1.29 is 14.5 Å². The number of hydrogen-bond acceptors (Lipinski definition) is 4. The number of amides is 2. The van der Waals surface area contributed by atoms with Gasteiger partial charge in [0, 0.05) is 29.8 Å². The van der Waals surface area contributed by atoms with Gasteiger partial charge in [0.15, 0.2) is 0 Å². The average Bonchev–Trinajstić information content (AvgIpc) is 2.56. The van der Waals surface area contributed by atoms with Crippen molar-refractivity contribution in [3.8, 4) is 0 Å². The average molecular weight is 348 g/mol. The Morgan fingerprint density at radius 2 is 1.92 bits per heavy atom. The third-order valence-electron chi connectivity index (χ3n) is 3.14. The molecule has 7 nitrogen and oxygen atoms in total. The van der Waals surface area contributed by atoms with Crippen molar-refractivity contribution in [2.45, 2.75) is 13.3 Å². The van der Waals surface area contributed by atoms with Crippen molar-refractivity contribution in [1.82, 2.24) is 0 Å². The molecule has 8 heteroatoms. The van der Waals surface area contributed by atoms with E-state index in [9.17, 15) is 19.7 Å². The van der Waals surface area contributed by atoms with E-state index >= 15 is 0 Å². The summed E-state index contributed by atoms with van der Waals surface area (Å²) in [6.45, 7) is 1.72. The smallest absolute Gasteiger partial charge is 0.271 e. The van der Waals surface area contributed by atoms with Gasteiger partial charge < -0.3 is 10.6 Å². The van der Waals surface area contributed by atoms with Crippen LogP contribution in [0.5, 0.6) is 0 Å². The highest BCUT2D eigenvalue weighted by atomic mass is 35.5. The van der Waals surface area contributed by atoms with Crippen LogP contribution >= 0.6 is 11.6 Å². The van der Waals surface area contributed by atoms with Crippen molar-refractivity contribution in [3.05, 3.63) is 63.2 Å². The molecule has 24 heavy (non-hydrogen) atoms. The zero-order chi connectivity index (χ0) is 17.7. The lowest BCUT2D eigenvalue weighted by atomic mass is 10.1. The molecular weight excluding hydrogens is 334 g/mol. The minimum atomic E-state index is -0.572. The zero-order valence-corrected chi connectivity index (χ0v) is 13.5. The van der Waals surface area contributed by atoms with Crippen molar-refractivity contribution in [3.63, 3.8) is 0 Å². The van der Waals surface area contributed by atoms with Crippen LogP contribution in [-0.2, 0) is 4.79 Å². The summed E-state index contributed by atoms with van der Waals surface area (Å²) in [5.41, 5.74) is 0.917. The lowest BCUT2D eigenvalue weighted by Gasteiger charge is -2.09. The Morgan fingerprint density at radius 1 is 1.17 bits per heavy atom. The van der Waals surface area contributed by atoms with E-state index in [0.717, 1.165) is 6.07 Å². The fourth-order valence-corrected chi connectivity index (χ4v) is 2.12. The number of carbonyl (C=O) groups excluding carboxylic acids is 2. The first-order valence-electron chi connectivity index (χ1n) is 7.06. The summed E-state index contributed by atoms with van der Waals surface area (Å²) < 4.78 is 0. The monoisotopic (exact) mass is 347 g/mol. The first-order chi connectivity index (χ1) is 11.4. The predicted octanol–water partition coefficient (Wildman–Crippen LogP) is 3.85. The molecule has 0 saturated heterocycles. The van der Waals surface area contributed by atoms with Gasteiger partial charge in [-0.05, 0) is 24.3 Å². The molecule has 0 fully saturated rings. The van der Waals surface area contributed by atoms with Crippen LogP contribution in [0.15, 0.2) is 42.5 Å². The molecule has 0 aliphatic rings. The minimum absolute atomic E-state index is 0.0630. The summed E-state index contributed by atoms with van der Waals surface area (Å²) in [4.78, 5) is 33.8. The molecule has 0 aliphatic carbocycles. The summed E-state index contributed by atoms with van der Waals surface area (Å²) in [6, 6.07) is 10.2. The Labute approximate surface area is 142 Å². The summed E-state index contributed by atoms with van der Waals surface area (Å²) in [5.74, 6) is -0.607. The Kier molecular flexibility index (Phi) is 5.49. The van der Waals surface area contributed by atoms with Crippen LogP contribution in [0.3, 0.4) is 0 Å². The van der Waals surface area contributed by atoms with Crippen LogP contribution in [0.2, 0.25) is 5.02 Å². The van der Waals surface area contributed by atoms with E-state index in [1.807, 2.05) is 0 Å². The Balaban J connectivity index is 2.16. The fraction of sp³-hybridized carbons (Fsp3) is 0.125. The number of non-ortho nitro benzene ring substituents is 1. The lowest BCUT2D eigenvalue weighted by Crippen LogP contribution is -2.14. The number of nitro benzene ring substituents is 1. The molecule has 2 rings (SSSR count). The molecule has 0 spiro atoms. The van der Waals surface area contributed by atoms with E-state index in [4.69, 9.17) is 11.6 Å². The van der Waals surface area contributed by atoms with E-state index in [0.29, 0.717) is 17.7 Å². The number of nitrogens with one attached hydrogen (secondary N) is 2.